The van der Waals surface area contributed by atoms with Crippen molar-refractivity contribution >= 4 is 28.7 Å². The van der Waals surface area contributed by atoms with Gasteiger partial charge in [-0.15, -0.1) is 0 Å². The van der Waals surface area contributed by atoms with Gasteiger partial charge in [0.2, 0.25) is 5.91 Å². The van der Waals surface area contributed by atoms with Gasteiger partial charge >= 0.3 is 5.97 Å². The van der Waals surface area contributed by atoms with Crippen LogP contribution in [0.2, 0.25) is 0 Å². The van der Waals surface area contributed by atoms with Gasteiger partial charge in [0.15, 0.2) is 0 Å². The fraction of sp³-hybridized carbons (Fsp3) is 0.429. The third-order valence-corrected chi connectivity index (χ3v) is 6.87. The lowest BCUT2D eigenvalue weighted by atomic mass is 9.95. The number of H-pyrrole nitrogens is 1. The summed E-state index contributed by atoms with van der Waals surface area (Å²) in [6.07, 6.45) is 7.57. The minimum Gasteiger partial charge on any atom is -0.480 e. The Hall–Kier alpha value is -3.68. The van der Waals surface area contributed by atoms with Crippen molar-refractivity contribution in [3.05, 3.63) is 64.6 Å². The molecule has 1 aliphatic rings. The van der Waals surface area contributed by atoms with Gasteiger partial charge in [0.1, 0.15) is 11.7 Å². The van der Waals surface area contributed by atoms with Gasteiger partial charge in [-0.1, -0.05) is 24.3 Å². The predicted molar refractivity (Wildman–Crippen MR) is 138 cm³/mol. The van der Waals surface area contributed by atoms with Crippen LogP contribution in [0.5, 0.6) is 0 Å². The quantitative estimate of drug-likeness (QED) is 0.304. The van der Waals surface area contributed by atoms with Crippen molar-refractivity contribution in [1.29, 1.82) is 0 Å². The second kappa shape index (κ2) is 11.8. The first-order valence-electron chi connectivity index (χ1n) is 12.8. The predicted octanol–water partition coefficient (Wildman–Crippen LogP) is 3.85. The van der Waals surface area contributed by atoms with Crippen LogP contribution in [0.1, 0.15) is 71.5 Å². The van der Waals surface area contributed by atoms with Crippen LogP contribution in [0.15, 0.2) is 36.4 Å². The maximum absolute atomic E-state index is 12.7. The minimum atomic E-state index is -1.14. The van der Waals surface area contributed by atoms with Gasteiger partial charge in [-0.3, -0.25) is 14.6 Å². The van der Waals surface area contributed by atoms with E-state index in [-0.39, 0.29) is 18.9 Å². The highest BCUT2D eigenvalue weighted by molar-refractivity contribution is 6.02. The smallest absolute Gasteiger partial charge is 0.326 e. The Bertz CT molecular complexity index is 1250. The summed E-state index contributed by atoms with van der Waals surface area (Å²) < 4.78 is 0. The summed E-state index contributed by atoms with van der Waals surface area (Å²) in [6.45, 7) is 2.00. The molecular formula is C28H34N4O4. The fourth-order valence-corrected chi connectivity index (χ4v) is 4.80. The van der Waals surface area contributed by atoms with Gasteiger partial charge in [-0.25, -0.2) is 4.79 Å². The molecule has 2 heterocycles. The molecule has 2 amide bonds. The number of nitrogens with zero attached hydrogens (tertiary/aromatic N) is 1. The molecule has 0 spiro atoms. The van der Waals surface area contributed by atoms with E-state index in [0.29, 0.717) is 12.1 Å². The van der Waals surface area contributed by atoms with Crippen LogP contribution in [0.4, 0.5) is 0 Å². The van der Waals surface area contributed by atoms with Crippen LogP contribution >= 0.6 is 0 Å². The zero-order chi connectivity index (χ0) is 25.5. The normalized spacial score (nSPS) is 13.7. The number of aryl methyl sites for hydroxylation is 4. The molecule has 1 aliphatic carbocycles. The second-order valence-corrected chi connectivity index (χ2v) is 9.50. The lowest BCUT2D eigenvalue weighted by Gasteiger charge is -2.15. The molecule has 0 bridgehead atoms. The number of carboxylic acids is 1. The number of amides is 2. The number of hydrogen-bond donors (Lipinski definition) is 4. The molecule has 2 aromatic heterocycles. The number of aromatic nitrogens is 2. The van der Waals surface area contributed by atoms with E-state index in [4.69, 9.17) is 4.98 Å². The third kappa shape index (κ3) is 6.30. The van der Waals surface area contributed by atoms with E-state index in [0.717, 1.165) is 54.3 Å². The highest BCUT2D eigenvalue weighted by atomic mass is 16.4. The molecule has 0 aliphatic heterocycles. The van der Waals surface area contributed by atoms with E-state index >= 15 is 0 Å². The summed E-state index contributed by atoms with van der Waals surface area (Å²) in [5.41, 5.74) is 5.63. The molecule has 36 heavy (non-hydrogen) atoms. The van der Waals surface area contributed by atoms with Gasteiger partial charge < -0.3 is 20.7 Å². The number of pyridine rings is 1. The summed E-state index contributed by atoms with van der Waals surface area (Å²) in [5.74, 6) is -1.72. The van der Waals surface area contributed by atoms with E-state index in [1.165, 1.54) is 24.1 Å². The van der Waals surface area contributed by atoms with Crippen molar-refractivity contribution in [3.8, 4) is 0 Å². The number of aromatic amines is 1. The number of aliphatic carboxylic acids is 1. The van der Waals surface area contributed by atoms with Crippen LogP contribution in [-0.4, -0.2) is 45.4 Å². The molecule has 1 aromatic carbocycles. The number of benzene rings is 1. The Morgan fingerprint density at radius 1 is 1.08 bits per heavy atom. The van der Waals surface area contributed by atoms with Crippen LogP contribution in [0.25, 0.3) is 10.9 Å². The summed E-state index contributed by atoms with van der Waals surface area (Å²) in [7, 11) is 0. The second-order valence-electron chi connectivity index (χ2n) is 9.50. The number of unbranched alkanes of at least 4 members (excludes halogenated alkanes) is 1. The first kappa shape index (κ1) is 25.4. The summed E-state index contributed by atoms with van der Waals surface area (Å²) >= 11 is 0. The lowest BCUT2D eigenvalue weighted by Crippen LogP contribution is -2.43. The number of carbonyl (C=O) groups is 3. The Balaban J connectivity index is 1.18. The minimum absolute atomic E-state index is 0.102. The van der Waals surface area contributed by atoms with Crippen molar-refractivity contribution in [2.24, 2.45) is 0 Å². The molecule has 4 N–H and O–H groups in total. The van der Waals surface area contributed by atoms with Crippen molar-refractivity contribution in [3.63, 3.8) is 0 Å². The largest absolute Gasteiger partial charge is 0.480 e. The first-order valence-corrected chi connectivity index (χ1v) is 12.8. The van der Waals surface area contributed by atoms with E-state index < -0.39 is 17.9 Å². The molecule has 4 rings (SSSR count). The molecule has 3 aromatic rings. The molecule has 1 atom stereocenters. The third-order valence-electron chi connectivity index (χ3n) is 6.87. The highest BCUT2D eigenvalue weighted by Crippen LogP contribution is 2.22. The standard InChI is InChI=1S/C28H34N4O4/c1-18-21-10-4-6-12-23(21)31-26(18)27(34)32-24(28(35)36)16-17-29-25(33)13-7-3-9-20-15-14-19-8-2-5-11-22(19)30-20/h4,6,10,12,14-15,24,31H,2-3,5,7-9,11,13,16-17H2,1H3,(H,29,33)(H,32,34)(H,35,36). The molecule has 0 radical (unpaired) electrons. The van der Waals surface area contributed by atoms with Crippen molar-refractivity contribution in [2.75, 3.05) is 6.54 Å². The molecular weight excluding hydrogens is 456 g/mol. The Kier molecular flexibility index (Phi) is 8.36. The number of fused-ring (bicyclic) bond motifs is 2. The van der Waals surface area contributed by atoms with E-state index in [9.17, 15) is 19.5 Å². The topological polar surface area (TPSA) is 124 Å². The van der Waals surface area contributed by atoms with Crippen LogP contribution in [0.3, 0.4) is 0 Å². The number of nitrogens with one attached hydrogen (secondary N) is 3. The molecule has 190 valence electrons. The number of para-hydroxylation sites is 1. The number of rotatable bonds is 11. The zero-order valence-electron chi connectivity index (χ0n) is 20.7. The average Bonchev–Trinajstić information content (AvgIpc) is 3.22. The Morgan fingerprint density at radius 3 is 2.69 bits per heavy atom. The van der Waals surface area contributed by atoms with Crippen LogP contribution in [0, 0.1) is 6.92 Å². The lowest BCUT2D eigenvalue weighted by molar-refractivity contribution is -0.139. The summed E-state index contributed by atoms with van der Waals surface area (Å²) in [6, 6.07) is 10.7. The van der Waals surface area contributed by atoms with Gasteiger partial charge in [0.25, 0.3) is 5.91 Å². The molecule has 8 heteroatoms. The Labute approximate surface area is 210 Å². The van der Waals surface area contributed by atoms with Gasteiger partial charge in [0.05, 0.1) is 0 Å². The van der Waals surface area contributed by atoms with Crippen LogP contribution in [-0.2, 0) is 28.9 Å². The zero-order valence-corrected chi connectivity index (χ0v) is 20.7. The SMILES string of the molecule is Cc1c(C(=O)NC(CCNC(=O)CCCCc2ccc3c(n2)CCCC3)C(=O)O)[nH]c2ccccc12. The maximum Gasteiger partial charge on any atom is 0.326 e. The van der Waals surface area contributed by atoms with Gasteiger partial charge in [0, 0.05) is 35.3 Å². The fourth-order valence-electron chi connectivity index (χ4n) is 4.80. The molecule has 1 unspecified atom stereocenters. The number of carboxylic acid groups (broad SMARTS) is 1. The van der Waals surface area contributed by atoms with Gasteiger partial charge in [-0.05, 0) is 81.5 Å². The monoisotopic (exact) mass is 490 g/mol. The van der Waals surface area contributed by atoms with Crippen LogP contribution < -0.4 is 10.6 Å². The van der Waals surface area contributed by atoms with E-state index in [1.807, 2.05) is 31.2 Å². The summed E-state index contributed by atoms with van der Waals surface area (Å²) in [5, 5.41) is 15.8. The van der Waals surface area contributed by atoms with E-state index in [1.54, 1.807) is 0 Å². The molecule has 0 saturated carbocycles. The number of hydrogen-bond acceptors (Lipinski definition) is 4. The first-order chi connectivity index (χ1) is 17.4. The van der Waals surface area contributed by atoms with E-state index in [2.05, 4.69) is 27.8 Å². The molecule has 0 saturated heterocycles. The Morgan fingerprint density at radius 2 is 1.89 bits per heavy atom. The van der Waals surface area contributed by atoms with Crippen molar-refractivity contribution in [1.82, 2.24) is 20.6 Å². The molecule has 0 fully saturated rings. The maximum atomic E-state index is 12.7. The average molecular weight is 491 g/mol. The summed E-state index contributed by atoms with van der Waals surface area (Å²) in [4.78, 5) is 44.5. The molecule has 8 nitrogen and oxygen atoms in total. The van der Waals surface area contributed by atoms with Crippen molar-refractivity contribution in [2.45, 2.75) is 70.8 Å². The van der Waals surface area contributed by atoms with Gasteiger partial charge in [-0.2, -0.15) is 0 Å². The van der Waals surface area contributed by atoms with Crippen molar-refractivity contribution < 1.29 is 19.5 Å². The highest BCUT2D eigenvalue weighted by Gasteiger charge is 2.23. The number of carbonyl (C=O) groups excluding carboxylic acids is 2.